The van der Waals surface area contributed by atoms with Gasteiger partial charge >= 0.3 is 0 Å². The highest BCUT2D eigenvalue weighted by atomic mass is 35.5. The van der Waals surface area contributed by atoms with Crippen LogP contribution in [0.5, 0.6) is 5.75 Å². The third kappa shape index (κ3) is 5.45. The summed E-state index contributed by atoms with van der Waals surface area (Å²) < 4.78 is 5.25. The number of nitrogens with zero attached hydrogens (tertiary/aromatic N) is 2. The molecular formula is C20H19Cl2N3O2S. The Hall–Kier alpha value is -2.12. The fraction of sp³-hybridized carbons (Fsp3) is 0.200. The number of anilines is 1. The van der Waals surface area contributed by atoms with E-state index in [9.17, 15) is 4.79 Å². The van der Waals surface area contributed by atoms with Crippen molar-refractivity contribution in [2.24, 2.45) is 0 Å². The van der Waals surface area contributed by atoms with Crippen molar-refractivity contribution in [3.8, 4) is 16.3 Å². The van der Waals surface area contributed by atoms with Gasteiger partial charge in [-0.15, -0.1) is 11.3 Å². The summed E-state index contributed by atoms with van der Waals surface area (Å²) >= 11 is 13.5. The second-order valence-electron chi connectivity index (χ2n) is 6.22. The van der Waals surface area contributed by atoms with Crippen LogP contribution in [0.1, 0.15) is 5.69 Å². The Bertz CT molecular complexity index is 960. The average molecular weight is 436 g/mol. The maximum absolute atomic E-state index is 12.4. The molecule has 0 radical (unpaired) electrons. The van der Waals surface area contributed by atoms with E-state index in [4.69, 9.17) is 27.9 Å². The Morgan fingerprint density at radius 2 is 1.89 bits per heavy atom. The predicted molar refractivity (Wildman–Crippen MR) is 116 cm³/mol. The lowest BCUT2D eigenvalue weighted by atomic mass is 10.2. The van der Waals surface area contributed by atoms with Crippen LogP contribution in [-0.2, 0) is 11.3 Å². The molecule has 1 N–H and O–H groups in total. The van der Waals surface area contributed by atoms with E-state index in [1.807, 2.05) is 41.6 Å². The van der Waals surface area contributed by atoms with E-state index in [-0.39, 0.29) is 12.5 Å². The van der Waals surface area contributed by atoms with Gasteiger partial charge in [0.15, 0.2) is 0 Å². The van der Waals surface area contributed by atoms with Crippen LogP contribution in [-0.4, -0.2) is 36.5 Å². The largest absolute Gasteiger partial charge is 0.495 e. The summed E-state index contributed by atoms with van der Waals surface area (Å²) in [5.74, 6) is 0.406. The first-order valence-corrected chi connectivity index (χ1v) is 10.1. The lowest BCUT2D eigenvalue weighted by molar-refractivity contribution is -0.117. The van der Waals surface area contributed by atoms with E-state index in [0.717, 1.165) is 16.3 Å². The van der Waals surface area contributed by atoms with Crippen LogP contribution in [0.25, 0.3) is 10.6 Å². The highest BCUT2D eigenvalue weighted by Gasteiger charge is 2.13. The van der Waals surface area contributed by atoms with Crippen molar-refractivity contribution in [3.63, 3.8) is 0 Å². The Morgan fingerprint density at radius 3 is 2.61 bits per heavy atom. The maximum atomic E-state index is 12.4. The molecule has 8 heteroatoms. The summed E-state index contributed by atoms with van der Waals surface area (Å²) in [6.45, 7) is 0.771. The van der Waals surface area contributed by atoms with E-state index in [0.29, 0.717) is 28.0 Å². The molecule has 0 unspecified atom stereocenters. The van der Waals surface area contributed by atoms with Gasteiger partial charge < -0.3 is 10.1 Å². The standard InChI is InChI=1S/C20H19Cl2N3O2S/c1-25(11-19(26)24-17-9-15(22)7-8-18(17)27-2)10-16-12-28-20(23-16)13-3-5-14(21)6-4-13/h3-9,12H,10-11H2,1-2H3,(H,24,26). The molecule has 0 aliphatic heterocycles. The number of methoxy groups -OCH3 is 1. The van der Waals surface area contributed by atoms with Crippen LogP contribution in [0, 0.1) is 0 Å². The molecule has 0 atom stereocenters. The molecule has 3 rings (SSSR count). The number of likely N-dealkylation sites (N-methyl/N-ethyl adjacent to an activating group) is 1. The molecule has 0 spiro atoms. The van der Waals surface area contributed by atoms with E-state index < -0.39 is 0 Å². The molecule has 1 aromatic heterocycles. The van der Waals surface area contributed by atoms with E-state index in [1.165, 1.54) is 0 Å². The second kappa shape index (κ2) is 9.39. The fourth-order valence-electron chi connectivity index (χ4n) is 2.65. The first kappa shape index (κ1) is 20.6. The Morgan fingerprint density at radius 1 is 1.18 bits per heavy atom. The molecule has 2 aromatic carbocycles. The normalized spacial score (nSPS) is 10.9. The molecule has 0 saturated heterocycles. The van der Waals surface area contributed by atoms with Gasteiger partial charge in [0.25, 0.3) is 0 Å². The summed E-state index contributed by atoms with van der Waals surface area (Å²) in [5.41, 5.74) is 2.48. The van der Waals surface area contributed by atoms with Crippen molar-refractivity contribution in [1.29, 1.82) is 0 Å². The van der Waals surface area contributed by atoms with Crippen molar-refractivity contribution in [2.75, 3.05) is 26.0 Å². The van der Waals surface area contributed by atoms with Crippen LogP contribution in [0.2, 0.25) is 10.0 Å². The van der Waals surface area contributed by atoms with Crippen LogP contribution in [0.4, 0.5) is 5.69 Å². The molecule has 0 bridgehead atoms. The maximum Gasteiger partial charge on any atom is 0.238 e. The van der Waals surface area contributed by atoms with Gasteiger partial charge in [0.2, 0.25) is 5.91 Å². The Balaban J connectivity index is 1.58. The predicted octanol–water partition coefficient (Wildman–Crippen LogP) is 5.20. The highest BCUT2D eigenvalue weighted by Crippen LogP contribution is 2.28. The molecule has 0 aliphatic rings. The third-order valence-electron chi connectivity index (χ3n) is 3.92. The molecule has 5 nitrogen and oxygen atoms in total. The van der Waals surface area contributed by atoms with Crippen molar-refractivity contribution in [2.45, 2.75) is 6.54 Å². The number of ether oxygens (including phenoxy) is 1. The van der Waals surface area contributed by atoms with E-state index in [1.54, 1.807) is 36.6 Å². The molecule has 28 heavy (non-hydrogen) atoms. The van der Waals surface area contributed by atoms with Crippen molar-refractivity contribution >= 4 is 46.1 Å². The van der Waals surface area contributed by atoms with Crippen molar-refractivity contribution in [3.05, 3.63) is 63.6 Å². The molecule has 0 fully saturated rings. The number of halogens is 2. The summed E-state index contributed by atoms with van der Waals surface area (Å²) in [5, 5.41) is 6.98. The molecule has 1 amide bonds. The fourth-order valence-corrected chi connectivity index (χ4v) is 3.76. The number of rotatable bonds is 7. The quantitative estimate of drug-likeness (QED) is 0.554. The monoisotopic (exact) mass is 435 g/mol. The van der Waals surface area contributed by atoms with Crippen molar-refractivity contribution < 1.29 is 9.53 Å². The Labute approximate surface area is 177 Å². The molecule has 0 saturated carbocycles. The zero-order valence-corrected chi connectivity index (χ0v) is 17.7. The number of nitrogens with one attached hydrogen (secondary N) is 1. The lowest BCUT2D eigenvalue weighted by Gasteiger charge is -2.16. The molecule has 0 aliphatic carbocycles. The number of hydrogen-bond acceptors (Lipinski definition) is 5. The number of benzene rings is 2. The Kier molecular flexibility index (Phi) is 6.91. The smallest absolute Gasteiger partial charge is 0.238 e. The number of thiazole rings is 1. The zero-order valence-electron chi connectivity index (χ0n) is 15.4. The molecule has 1 heterocycles. The van der Waals surface area contributed by atoms with Crippen LogP contribution >= 0.6 is 34.5 Å². The van der Waals surface area contributed by atoms with Crippen LogP contribution < -0.4 is 10.1 Å². The highest BCUT2D eigenvalue weighted by molar-refractivity contribution is 7.13. The van der Waals surface area contributed by atoms with Gasteiger partial charge in [-0.05, 0) is 37.4 Å². The van der Waals surface area contributed by atoms with Gasteiger partial charge in [-0.1, -0.05) is 35.3 Å². The summed E-state index contributed by atoms with van der Waals surface area (Å²) in [7, 11) is 3.42. The van der Waals surface area contributed by atoms with Gasteiger partial charge in [0, 0.05) is 27.5 Å². The third-order valence-corrected chi connectivity index (χ3v) is 5.35. The zero-order chi connectivity index (χ0) is 20.1. The minimum atomic E-state index is -0.156. The summed E-state index contributed by atoms with van der Waals surface area (Å²) in [6.07, 6.45) is 0. The first-order valence-electron chi connectivity index (χ1n) is 8.47. The lowest BCUT2D eigenvalue weighted by Crippen LogP contribution is -2.30. The topological polar surface area (TPSA) is 54.5 Å². The van der Waals surface area contributed by atoms with Gasteiger partial charge in [0.1, 0.15) is 10.8 Å². The van der Waals surface area contributed by atoms with Crippen molar-refractivity contribution in [1.82, 2.24) is 9.88 Å². The SMILES string of the molecule is COc1ccc(Cl)cc1NC(=O)CN(C)Cc1csc(-c2ccc(Cl)cc2)n1. The molecule has 3 aromatic rings. The number of hydrogen-bond donors (Lipinski definition) is 1. The summed E-state index contributed by atoms with van der Waals surface area (Å²) in [6, 6.07) is 12.7. The number of carbonyl (C=O) groups excluding carboxylic acids is 1. The number of aromatic nitrogens is 1. The average Bonchev–Trinajstić information content (AvgIpc) is 3.10. The summed E-state index contributed by atoms with van der Waals surface area (Å²) in [4.78, 5) is 18.9. The van der Waals surface area contributed by atoms with Crippen LogP contribution in [0.15, 0.2) is 47.8 Å². The molecule has 146 valence electrons. The van der Waals surface area contributed by atoms with Gasteiger partial charge in [-0.2, -0.15) is 0 Å². The first-order chi connectivity index (χ1) is 13.4. The minimum Gasteiger partial charge on any atom is -0.495 e. The van der Waals surface area contributed by atoms with Gasteiger partial charge in [-0.25, -0.2) is 4.98 Å². The number of carbonyl (C=O) groups is 1. The van der Waals surface area contributed by atoms with E-state index in [2.05, 4.69) is 10.3 Å². The van der Waals surface area contributed by atoms with Gasteiger partial charge in [0.05, 0.1) is 25.0 Å². The van der Waals surface area contributed by atoms with E-state index >= 15 is 0 Å². The van der Waals surface area contributed by atoms with Crippen LogP contribution in [0.3, 0.4) is 0 Å². The molecular weight excluding hydrogens is 417 g/mol. The minimum absolute atomic E-state index is 0.156. The van der Waals surface area contributed by atoms with Gasteiger partial charge in [-0.3, -0.25) is 9.69 Å². The second-order valence-corrected chi connectivity index (χ2v) is 7.95. The number of amides is 1.